The van der Waals surface area contributed by atoms with Crippen LogP contribution in [0.5, 0.6) is 5.75 Å². The van der Waals surface area contributed by atoms with Gasteiger partial charge in [0.25, 0.3) is 0 Å². The Balaban J connectivity index is 1.68. The van der Waals surface area contributed by atoms with Crippen molar-refractivity contribution in [3.63, 3.8) is 0 Å². The van der Waals surface area contributed by atoms with Crippen LogP contribution in [-0.2, 0) is 16.0 Å². The number of nitrogens with zero attached hydrogens (tertiary/aromatic N) is 3. The molecule has 4 aromatic rings. The maximum Gasteiger partial charge on any atom is 0.310 e. The summed E-state index contributed by atoms with van der Waals surface area (Å²) in [6, 6.07) is 24.5. The molecule has 4 rings (SSSR count). The molecular formula is C25H24N6O3. The van der Waals surface area contributed by atoms with Crippen molar-refractivity contribution in [2.45, 2.75) is 6.42 Å². The summed E-state index contributed by atoms with van der Waals surface area (Å²) in [5, 5.41) is 9.59. The van der Waals surface area contributed by atoms with Crippen molar-refractivity contribution in [3.8, 4) is 5.75 Å². The lowest BCUT2D eigenvalue weighted by atomic mass is 10.1. The van der Waals surface area contributed by atoms with Crippen LogP contribution in [0.2, 0.25) is 0 Å². The summed E-state index contributed by atoms with van der Waals surface area (Å²) in [6.07, 6.45) is 0.117. The van der Waals surface area contributed by atoms with Crippen LogP contribution in [-0.4, -0.2) is 35.1 Å². The molecule has 0 unspecified atom stereocenters. The van der Waals surface area contributed by atoms with Gasteiger partial charge in [0, 0.05) is 11.4 Å². The van der Waals surface area contributed by atoms with Gasteiger partial charge in [0.1, 0.15) is 5.75 Å². The molecule has 0 bridgehead atoms. The number of aromatic nitrogens is 3. The molecule has 0 aliphatic carbocycles. The maximum absolute atomic E-state index is 11.8. The van der Waals surface area contributed by atoms with Crippen molar-refractivity contribution in [2.75, 3.05) is 30.2 Å². The van der Waals surface area contributed by atoms with E-state index in [1.807, 2.05) is 78.9 Å². The number of esters is 1. The largest absolute Gasteiger partial charge is 0.495 e. The van der Waals surface area contributed by atoms with Crippen molar-refractivity contribution in [2.24, 2.45) is 0 Å². The minimum absolute atomic E-state index is 0.117. The highest BCUT2D eigenvalue weighted by molar-refractivity contribution is 5.76. The van der Waals surface area contributed by atoms with E-state index in [1.165, 1.54) is 7.11 Å². The van der Waals surface area contributed by atoms with Gasteiger partial charge in [0.15, 0.2) is 0 Å². The number of nitrogens with one attached hydrogen (secondary N) is 3. The number of hydrogen-bond donors (Lipinski definition) is 3. The third kappa shape index (κ3) is 5.77. The highest BCUT2D eigenvalue weighted by Crippen LogP contribution is 2.27. The van der Waals surface area contributed by atoms with Gasteiger partial charge in [0.05, 0.1) is 26.3 Å². The first kappa shape index (κ1) is 22.5. The standard InChI is InChI=1S/C25H24N6O3/c1-33-21-15-9-8-14-20(21)28-25-30-23(26-18-11-4-3-5-12-18)29-24(31-25)27-19-13-7-6-10-17(19)16-22(32)34-2/h3-15H,16H2,1-2H3,(H3,26,27,28,29,30,31). The van der Waals surface area contributed by atoms with Crippen molar-refractivity contribution in [1.29, 1.82) is 0 Å². The van der Waals surface area contributed by atoms with E-state index in [2.05, 4.69) is 30.9 Å². The molecule has 0 amide bonds. The molecule has 3 N–H and O–H groups in total. The lowest BCUT2D eigenvalue weighted by molar-refractivity contribution is -0.139. The third-order valence-electron chi connectivity index (χ3n) is 4.85. The topological polar surface area (TPSA) is 110 Å². The van der Waals surface area contributed by atoms with Crippen molar-refractivity contribution in [1.82, 2.24) is 15.0 Å². The summed E-state index contributed by atoms with van der Waals surface area (Å²) in [4.78, 5) is 25.4. The van der Waals surface area contributed by atoms with E-state index in [9.17, 15) is 4.79 Å². The number of carbonyl (C=O) groups is 1. The van der Waals surface area contributed by atoms with Gasteiger partial charge >= 0.3 is 5.97 Å². The van der Waals surface area contributed by atoms with Gasteiger partial charge in [0.2, 0.25) is 17.8 Å². The van der Waals surface area contributed by atoms with Crippen LogP contribution in [0.1, 0.15) is 5.56 Å². The Kier molecular flexibility index (Phi) is 7.14. The monoisotopic (exact) mass is 456 g/mol. The Labute approximate surface area is 197 Å². The SMILES string of the molecule is COC(=O)Cc1ccccc1Nc1nc(Nc2ccccc2)nc(Nc2ccccc2OC)n1. The van der Waals surface area contributed by atoms with E-state index >= 15 is 0 Å². The molecule has 0 aliphatic heterocycles. The van der Waals surface area contributed by atoms with E-state index in [-0.39, 0.29) is 12.4 Å². The first-order chi connectivity index (χ1) is 16.6. The van der Waals surface area contributed by atoms with Crippen LogP contribution < -0.4 is 20.7 Å². The van der Waals surface area contributed by atoms with E-state index < -0.39 is 0 Å². The molecule has 0 atom stereocenters. The van der Waals surface area contributed by atoms with Crippen LogP contribution >= 0.6 is 0 Å². The zero-order chi connectivity index (χ0) is 23.8. The number of hydrogen-bond acceptors (Lipinski definition) is 9. The number of ether oxygens (including phenoxy) is 2. The van der Waals surface area contributed by atoms with Crippen LogP contribution in [0.3, 0.4) is 0 Å². The van der Waals surface area contributed by atoms with E-state index in [4.69, 9.17) is 9.47 Å². The van der Waals surface area contributed by atoms with E-state index in [1.54, 1.807) is 7.11 Å². The first-order valence-corrected chi connectivity index (χ1v) is 10.5. The fraction of sp³-hybridized carbons (Fsp3) is 0.120. The summed E-state index contributed by atoms with van der Waals surface area (Å²) in [5.41, 5.74) is 2.98. The summed E-state index contributed by atoms with van der Waals surface area (Å²) in [5.74, 6) is 1.26. The molecule has 0 fully saturated rings. The van der Waals surface area contributed by atoms with Gasteiger partial charge < -0.3 is 25.4 Å². The number of carbonyl (C=O) groups excluding carboxylic acids is 1. The number of methoxy groups -OCH3 is 2. The molecule has 9 heteroatoms. The summed E-state index contributed by atoms with van der Waals surface area (Å²) >= 11 is 0. The first-order valence-electron chi connectivity index (χ1n) is 10.5. The van der Waals surface area contributed by atoms with Gasteiger partial charge in [-0.1, -0.05) is 48.5 Å². The number of rotatable bonds is 9. The molecule has 1 heterocycles. The fourth-order valence-corrected chi connectivity index (χ4v) is 3.21. The molecular weight excluding hydrogens is 432 g/mol. The Morgan fingerprint density at radius 3 is 1.94 bits per heavy atom. The summed E-state index contributed by atoms with van der Waals surface area (Å²) < 4.78 is 10.2. The maximum atomic E-state index is 11.8. The van der Waals surface area contributed by atoms with Crippen molar-refractivity contribution < 1.29 is 14.3 Å². The predicted molar refractivity (Wildman–Crippen MR) is 131 cm³/mol. The fourth-order valence-electron chi connectivity index (χ4n) is 3.21. The Morgan fingerprint density at radius 1 is 0.706 bits per heavy atom. The minimum Gasteiger partial charge on any atom is -0.495 e. The zero-order valence-corrected chi connectivity index (χ0v) is 18.8. The highest BCUT2D eigenvalue weighted by Gasteiger charge is 2.13. The smallest absolute Gasteiger partial charge is 0.310 e. The van der Waals surface area contributed by atoms with Gasteiger partial charge in [-0.05, 0) is 35.9 Å². The van der Waals surface area contributed by atoms with Gasteiger partial charge in [-0.25, -0.2) is 0 Å². The number of para-hydroxylation sites is 4. The zero-order valence-electron chi connectivity index (χ0n) is 18.8. The molecule has 0 spiro atoms. The minimum atomic E-state index is -0.338. The van der Waals surface area contributed by atoms with Crippen LogP contribution in [0.15, 0.2) is 78.9 Å². The van der Waals surface area contributed by atoms with Crippen molar-refractivity contribution in [3.05, 3.63) is 84.4 Å². The molecule has 0 aliphatic rings. The van der Waals surface area contributed by atoms with E-state index in [0.717, 1.165) is 11.3 Å². The number of anilines is 6. The molecule has 9 nitrogen and oxygen atoms in total. The molecule has 34 heavy (non-hydrogen) atoms. The summed E-state index contributed by atoms with van der Waals surface area (Å²) in [6.45, 7) is 0. The van der Waals surface area contributed by atoms with Gasteiger partial charge in [-0.3, -0.25) is 4.79 Å². The lowest BCUT2D eigenvalue weighted by Gasteiger charge is -2.14. The normalized spacial score (nSPS) is 10.3. The Morgan fingerprint density at radius 2 is 1.26 bits per heavy atom. The Hall–Kier alpha value is -4.66. The number of benzene rings is 3. The van der Waals surface area contributed by atoms with Crippen LogP contribution in [0.25, 0.3) is 0 Å². The predicted octanol–water partition coefficient (Wildman–Crippen LogP) is 4.83. The average molecular weight is 457 g/mol. The average Bonchev–Trinajstić information content (AvgIpc) is 2.86. The van der Waals surface area contributed by atoms with Crippen LogP contribution in [0, 0.1) is 0 Å². The lowest BCUT2D eigenvalue weighted by Crippen LogP contribution is -2.10. The quantitative estimate of drug-likeness (QED) is 0.305. The van der Waals surface area contributed by atoms with Gasteiger partial charge in [-0.2, -0.15) is 15.0 Å². The van der Waals surface area contributed by atoms with Crippen molar-refractivity contribution >= 4 is 40.9 Å². The van der Waals surface area contributed by atoms with Crippen LogP contribution in [0.4, 0.5) is 34.9 Å². The van der Waals surface area contributed by atoms with E-state index in [0.29, 0.717) is 35.0 Å². The molecule has 172 valence electrons. The third-order valence-corrected chi connectivity index (χ3v) is 4.85. The Bertz CT molecular complexity index is 1270. The molecule has 0 saturated carbocycles. The summed E-state index contributed by atoms with van der Waals surface area (Å²) in [7, 11) is 2.96. The second kappa shape index (κ2) is 10.8. The van der Waals surface area contributed by atoms with Gasteiger partial charge in [-0.15, -0.1) is 0 Å². The molecule has 0 saturated heterocycles. The molecule has 1 aromatic heterocycles. The second-order valence-electron chi connectivity index (χ2n) is 7.16. The second-order valence-corrected chi connectivity index (χ2v) is 7.16. The molecule has 3 aromatic carbocycles. The molecule has 0 radical (unpaired) electrons. The highest BCUT2D eigenvalue weighted by atomic mass is 16.5.